The SMILES string of the molecule is C#[N+]CCC[Si](OC)(OC)OC. The molecular weight excluding hydrogens is 174 g/mol. The van der Waals surface area contributed by atoms with Crippen molar-refractivity contribution in [2.24, 2.45) is 0 Å². The summed E-state index contributed by atoms with van der Waals surface area (Å²) in [7, 11) is 2.42. The maximum atomic E-state index is 5.19. The molecule has 70 valence electrons. The minimum atomic E-state index is -2.37. The van der Waals surface area contributed by atoms with Crippen molar-refractivity contribution in [2.75, 3.05) is 27.9 Å². The Hall–Kier alpha value is -0.413. The molecule has 0 spiro atoms. The molecule has 0 rings (SSSR count). The van der Waals surface area contributed by atoms with Crippen molar-refractivity contribution >= 4 is 8.80 Å². The van der Waals surface area contributed by atoms with E-state index >= 15 is 0 Å². The molecule has 0 N–H and O–H groups in total. The Bertz CT molecular complexity index is 145. The van der Waals surface area contributed by atoms with E-state index in [4.69, 9.17) is 19.9 Å². The van der Waals surface area contributed by atoms with Gasteiger partial charge in [0.25, 0.3) is 13.1 Å². The molecule has 12 heavy (non-hydrogen) atoms. The van der Waals surface area contributed by atoms with Gasteiger partial charge in [-0.15, -0.1) is 0 Å². The lowest BCUT2D eigenvalue weighted by Crippen LogP contribution is -2.42. The summed E-state index contributed by atoms with van der Waals surface area (Å²) >= 11 is 0. The molecule has 0 aliphatic rings. The van der Waals surface area contributed by atoms with Gasteiger partial charge in [0.1, 0.15) is 0 Å². The van der Waals surface area contributed by atoms with E-state index in [2.05, 4.69) is 4.85 Å². The van der Waals surface area contributed by atoms with Crippen molar-refractivity contribution in [1.29, 1.82) is 0 Å². The predicted molar refractivity (Wildman–Crippen MR) is 49.4 cm³/mol. The van der Waals surface area contributed by atoms with Crippen molar-refractivity contribution in [3.8, 4) is 6.57 Å². The first-order valence-electron chi connectivity index (χ1n) is 3.77. The van der Waals surface area contributed by atoms with E-state index in [1.54, 1.807) is 21.3 Å². The third kappa shape index (κ3) is 3.32. The normalized spacial score (nSPS) is 11.2. The zero-order valence-corrected chi connectivity index (χ0v) is 8.87. The average molecular weight is 190 g/mol. The molecule has 0 atom stereocenters. The van der Waals surface area contributed by atoms with Crippen LogP contribution in [0.25, 0.3) is 4.85 Å². The highest BCUT2D eigenvalue weighted by atomic mass is 28.4. The van der Waals surface area contributed by atoms with Gasteiger partial charge in [0, 0.05) is 33.8 Å². The van der Waals surface area contributed by atoms with Gasteiger partial charge >= 0.3 is 8.80 Å². The highest BCUT2D eigenvalue weighted by Crippen LogP contribution is 2.14. The quantitative estimate of drug-likeness (QED) is 0.466. The molecule has 0 aromatic heterocycles. The van der Waals surface area contributed by atoms with Gasteiger partial charge in [0.15, 0.2) is 0 Å². The molecule has 5 heteroatoms. The maximum Gasteiger partial charge on any atom is 0.500 e. The molecule has 0 aliphatic heterocycles. The highest BCUT2D eigenvalue weighted by molar-refractivity contribution is 6.60. The molecule has 0 heterocycles. The average Bonchev–Trinajstić information content (AvgIpc) is 2.14. The second-order valence-corrected chi connectivity index (χ2v) is 5.40. The summed E-state index contributed by atoms with van der Waals surface area (Å²) < 4.78 is 15.6. The molecule has 0 aromatic rings. The van der Waals surface area contributed by atoms with Crippen molar-refractivity contribution in [2.45, 2.75) is 12.5 Å². The van der Waals surface area contributed by atoms with Crippen molar-refractivity contribution in [1.82, 2.24) is 0 Å². The van der Waals surface area contributed by atoms with Gasteiger partial charge in [-0.3, -0.25) is 0 Å². The fourth-order valence-electron chi connectivity index (χ4n) is 0.943. The van der Waals surface area contributed by atoms with Crippen LogP contribution in [0, 0.1) is 6.57 Å². The van der Waals surface area contributed by atoms with E-state index < -0.39 is 8.80 Å². The van der Waals surface area contributed by atoms with E-state index in [1.807, 2.05) is 0 Å². The molecule has 0 saturated heterocycles. The van der Waals surface area contributed by atoms with Crippen LogP contribution in [0.15, 0.2) is 0 Å². The summed E-state index contributed by atoms with van der Waals surface area (Å²) in [6.07, 6.45) is 0.832. The number of rotatable bonds is 6. The Kier molecular flexibility index (Phi) is 5.93. The summed E-state index contributed by atoms with van der Waals surface area (Å²) in [6.45, 7) is 5.62. The second-order valence-electron chi connectivity index (χ2n) is 2.31. The Morgan fingerprint density at radius 2 is 1.67 bits per heavy atom. The van der Waals surface area contributed by atoms with Crippen molar-refractivity contribution < 1.29 is 13.3 Å². The first kappa shape index (κ1) is 11.6. The molecule has 0 aromatic carbocycles. The van der Waals surface area contributed by atoms with Crippen LogP contribution in [0.1, 0.15) is 6.42 Å². The van der Waals surface area contributed by atoms with E-state index in [9.17, 15) is 0 Å². The van der Waals surface area contributed by atoms with Crippen LogP contribution in [-0.4, -0.2) is 36.7 Å². The summed E-state index contributed by atoms with van der Waals surface area (Å²) in [5.74, 6) is 0. The smallest absolute Gasteiger partial charge is 0.377 e. The van der Waals surface area contributed by atoms with E-state index in [1.165, 1.54) is 0 Å². The van der Waals surface area contributed by atoms with Crippen molar-refractivity contribution in [3.05, 3.63) is 4.85 Å². The largest absolute Gasteiger partial charge is 0.500 e. The van der Waals surface area contributed by atoms with Crippen molar-refractivity contribution in [3.63, 3.8) is 0 Å². The molecule has 4 nitrogen and oxygen atoms in total. The summed E-state index contributed by atoms with van der Waals surface area (Å²) in [5, 5.41) is 0. The molecular formula is C7H16NO3Si+. The second kappa shape index (κ2) is 6.14. The van der Waals surface area contributed by atoms with Crippen LogP contribution in [0.3, 0.4) is 0 Å². The minimum absolute atomic E-state index is 0.616. The summed E-state index contributed by atoms with van der Waals surface area (Å²) in [4.78, 5) is 3.50. The Morgan fingerprint density at radius 1 is 1.17 bits per heavy atom. The summed E-state index contributed by atoms with van der Waals surface area (Å²) in [6, 6.07) is 0.747. The van der Waals surface area contributed by atoms with Crippen LogP contribution in [0.5, 0.6) is 0 Å². The predicted octanol–water partition coefficient (Wildman–Crippen LogP) is 1.22. The maximum absolute atomic E-state index is 5.19. The number of nitrogens with zero attached hydrogens (tertiary/aromatic N) is 1. The number of hydrogen-bond donors (Lipinski definition) is 0. The van der Waals surface area contributed by atoms with E-state index in [-0.39, 0.29) is 0 Å². The molecule has 0 fully saturated rings. The lowest BCUT2D eigenvalue weighted by molar-refractivity contribution is 0.123. The summed E-state index contributed by atoms with van der Waals surface area (Å²) in [5.41, 5.74) is 0. The molecule has 0 unspecified atom stereocenters. The zero-order chi connectivity index (χ0) is 9.45. The van der Waals surface area contributed by atoms with Gasteiger partial charge in [-0.25, -0.2) is 0 Å². The van der Waals surface area contributed by atoms with E-state index in [0.717, 1.165) is 12.5 Å². The lowest BCUT2D eigenvalue weighted by Gasteiger charge is -2.23. The van der Waals surface area contributed by atoms with Crippen LogP contribution < -0.4 is 0 Å². The Labute approximate surface area is 74.6 Å². The molecule has 0 aliphatic carbocycles. The molecule has 0 saturated carbocycles. The number of hydrogen-bond acceptors (Lipinski definition) is 3. The topological polar surface area (TPSA) is 32.0 Å². The van der Waals surface area contributed by atoms with Crippen LogP contribution in [0.2, 0.25) is 6.04 Å². The Balaban J connectivity index is 3.86. The van der Waals surface area contributed by atoms with Gasteiger partial charge in [-0.05, 0) is 0 Å². The molecule has 0 bridgehead atoms. The standard InChI is InChI=1S/C7H16NO3Si/c1-8-6-5-7-12(9-2,10-3)11-4/h1H,5-7H2,2-4H3/q+1. The molecule has 0 amide bonds. The fourth-order valence-corrected chi connectivity index (χ4v) is 2.65. The highest BCUT2D eigenvalue weighted by Gasteiger charge is 2.37. The first-order valence-corrected chi connectivity index (χ1v) is 5.70. The first-order chi connectivity index (χ1) is 5.74. The lowest BCUT2D eigenvalue weighted by atomic mass is 10.5. The van der Waals surface area contributed by atoms with Crippen LogP contribution in [-0.2, 0) is 13.3 Å². The monoisotopic (exact) mass is 190 g/mol. The van der Waals surface area contributed by atoms with Gasteiger partial charge in [0.2, 0.25) is 0 Å². The molecule has 0 radical (unpaired) electrons. The van der Waals surface area contributed by atoms with Gasteiger partial charge in [0.05, 0.1) is 0 Å². The fraction of sp³-hybridized carbons (Fsp3) is 0.857. The van der Waals surface area contributed by atoms with Gasteiger partial charge in [-0.2, -0.15) is 0 Å². The van der Waals surface area contributed by atoms with Gasteiger partial charge in [-0.1, -0.05) is 4.85 Å². The van der Waals surface area contributed by atoms with Gasteiger partial charge < -0.3 is 13.3 Å². The van der Waals surface area contributed by atoms with E-state index in [0.29, 0.717) is 6.54 Å². The van der Waals surface area contributed by atoms with Crippen LogP contribution in [0.4, 0.5) is 0 Å². The minimum Gasteiger partial charge on any atom is -0.377 e. The Morgan fingerprint density at radius 3 is 2.00 bits per heavy atom. The third-order valence-corrected chi connectivity index (χ3v) is 4.54. The van der Waals surface area contributed by atoms with Crippen LogP contribution >= 0.6 is 0 Å². The third-order valence-electron chi connectivity index (χ3n) is 1.70. The zero-order valence-electron chi connectivity index (χ0n) is 7.87.